The molecule has 0 spiro atoms. The molecule has 0 aliphatic heterocycles. The van der Waals surface area contributed by atoms with Gasteiger partial charge in [0.2, 0.25) is 0 Å². The average Bonchev–Trinajstić information content (AvgIpc) is 3.56. The van der Waals surface area contributed by atoms with Gasteiger partial charge in [-0.3, -0.25) is 0 Å². The molecule has 0 bridgehead atoms. The second kappa shape index (κ2) is 11.8. The van der Waals surface area contributed by atoms with Crippen molar-refractivity contribution in [3.63, 3.8) is 0 Å². The minimum atomic E-state index is 0.656. The zero-order valence-corrected chi connectivity index (χ0v) is 26.3. The zero-order valence-electron chi connectivity index (χ0n) is 26.3. The molecule has 0 saturated heterocycles. The van der Waals surface area contributed by atoms with Crippen LogP contribution in [0, 0.1) is 11.3 Å². The predicted octanol–water partition coefficient (Wildman–Crippen LogP) is 11.7. The number of fused-ring (bicyclic) bond motifs is 4. The monoisotopic (exact) mass is 625 g/mol. The molecule has 49 heavy (non-hydrogen) atoms. The van der Waals surface area contributed by atoms with Gasteiger partial charge >= 0.3 is 0 Å². The van der Waals surface area contributed by atoms with E-state index in [-0.39, 0.29) is 0 Å². The van der Waals surface area contributed by atoms with E-state index in [1.165, 1.54) is 16.3 Å². The number of rotatable bonds is 5. The molecule has 9 aromatic rings. The first kappa shape index (κ1) is 28.4. The maximum Gasteiger partial charge on any atom is 0.180 e. The Kier molecular flexibility index (Phi) is 6.81. The van der Waals surface area contributed by atoms with Gasteiger partial charge in [-0.1, -0.05) is 133 Å². The topological polar surface area (TPSA) is 62.7 Å². The Bertz CT molecular complexity index is 2700. The van der Waals surface area contributed by atoms with Crippen LogP contribution in [0.25, 0.3) is 88.9 Å². The first-order valence-electron chi connectivity index (χ1n) is 16.2. The van der Waals surface area contributed by atoms with Crippen molar-refractivity contribution in [2.45, 2.75) is 0 Å². The molecule has 9 rings (SSSR count). The molecule has 7 aromatic carbocycles. The van der Waals surface area contributed by atoms with Crippen molar-refractivity contribution in [2.24, 2.45) is 0 Å². The predicted molar refractivity (Wildman–Crippen MR) is 199 cm³/mol. The molecule has 2 aromatic heterocycles. The van der Waals surface area contributed by atoms with Crippen molar-refractivity contribution < 1.29 is 4.42 Å². The lowest BCUT2D eigenvalue weighted by atomic mass is 9.91. The van der Waals surface area contributed by atoms with E-state index in [1.807, 2.05) is 60.7 Å². The summed E-state index contributed by atoms with van der Waals surface area (Å²) in [4.78, 5) is 10.2. The van der Waals surface area contributed by atoms with E-state index >= 15 is 0 Å². The molecule has 0 fully saturated rings. The van der Waals surface area contributed by atoms with E-state index in [2.05, 4.69) is 109 Å². The molecule has 4 nitrogen and oxygen atoms in total. The largest absolute Gasteiger partial charge is 0.452 e. The van der Waals surface area contributed by atoms with Gasteiger partial charge in [0.15, 0.2) is 11.4 Å². The number of aromatic nitrogens is 2. The van der Waals surface area contributed by atoms with Gasteiger partial charge in [-0.15, -0.1) is 0 Å². The van der Waals surface area contributed by atoms with Crippen LogP contribution in [0.5, 0.6) is 0 Å². The van der Waals surface area contributed by atoms with E-state index in [9.17, 15) is 0 Å². The standard InChI is InChI=1S/C45H27N3O/c46-28-29-17-19-30(20-18-29)31-21-23-32(24-22-31)36-25-26-37(39-14-5-4-13-38(36)39)34-11-8-12-35(27-34)45-47-42(33-9-2-1-3-10-33)44-43(48-45)40-15-6-7-16-41(40)49-44/h1-27H. The van der Waals surface area contributed by atoms with Gasteiger partial charge in [0.1, 0.15) is 16.8 Å². The minimum Gasteiger partial charge on any atom is -0.452 e. The minimum absolute atomic E-state index is 0.656. The van der Waals surface area contributed by atoms with Crippen LogP contribution in [0.3, 0.4) is 0 Å². The molecular weight excluding hydrogens is 599 g/mol. The molecule has 0 aliphatic carbocycles. The van der Waals surface area contributed by atoms with Crippen LogP contribution in [-0.2, 0) is 0 Å². The Hall–Kier alpha value is -6.83. The Balaban J connectivity index is 1.14. The molecule has 4 heteroatoms. The number of hydrogen-bond acceptors (Lipinski definition) is 4. The van der Waals surface area contributed by atoms with Gasteiger partial charge in [-0.2, -0.15) is 5.26 Å². The van der Waals surface area contributed by atoms with Crippen LogP contribution < -0.4 is 0 Å². The van der Waals surface area contributed by atoms with Crippen molar-refractivity contribution in [1.29, 1.82) is 5.26 Å². The maximum absolute atomic E-state index is 9.16. The summed E-state index contributed by atoms with van der Waals surface area (Å²) < 4.78 is 6.32. The second-order valence-electron chi connectivity index (χ2n) is 12.1. The fraction of sp³-hybridized carbons (Fsp3) is 0. The van der Waals surface area contributed by atoms with E-state index in [1.54, 1.807) is 0 Å². The van der Waals surface area contributed by atoms with Gasteiger partial charge in [0.25, 0.3) is 0 Å². The number of benzene rings is 7. The van der Waals surface area contributed by atoms with Gasteiger partial charge in [-0.25, -0.2) is 9.97 Å². The Labute approximate surface area is 283 Å². The van der Waals surface area contributed by atoms with Gasteiger partial charge in [0.05, 0.1) is 11.6 Å². The number of furan rings is 1. The molecular formula is C45H27N3O. The smallest absolute Gasteiger partial charge is 0.180 e. The van der Waals surface area contributed by atoms with E-state index in [0.717, 1.165) is 61.1 Å². The highest BCUT2D eigenvalue weighted by molar-refractivity contribution is 6.08. The van der Waals surface area contributed by atoms with E-state index in [0.29, 0.717) is 17.0 Å². The van der Waals surface area contributed by atoms with E-state index in [4.69, 9.17) is 19.6 Å². The highest BCUT2D eigenvalue weighted by atomic mass is 16.3. The van der Waals surface area contributed by atoms with Gasteiger partial charge in [-0.05, 0) is 74.5 Å². The van der Waals surface area contributed by atoms with Crippen LogP contribution in [0.2, 0.25) is 0 Å². The first-order valence-corrected chi connectivity index (χ1v) is 16.2. The Morgan fingerprint density at radius 1 is 0.449 bits per heavy atom. The highest BCUT2D eigenvalue weighted by Crippen LogP contribution is 2.39. The third-order valence-corrected chi connectivity index (χ3v) is 9.17. The summed E-state index contributed by atoms with van der Waals surface area (Å²) >= 11 is 0. The summed E-state index contributed by atoms with van der Waals surface area (Å²) in [5.74, 6) is 0.656. The zero-order chi connectivity index (χ0) is 32.7. The first-order chi connectivity index (χ1) is 24.2. The van der Waals surface area contributed by atoms with Crippen LogP contribution in [0.15, 0.2) is 168 Å². The number of hydrogen-bond donors (Lipinski definition) is 0. The average molecular weight is 626 g/mol. The van der Waals surface area contributed by atoms with E-state index < -0.39 is 0 Å². The SMILES string of the molecule is N#Cc1ccc(-c2ccc(-c3ccc(-c4cccc(-c5nc(-c6ccccc6)c6oc7ccccc7c6n5)c4)c4ccccc34)cc2)cc1. The highest BCUT2D eigenvalue weighted by Gasteiger charge is 2.18. The number of nitriles is 1. The van der Waals surface area contributed by atoms with Crippen molar-refractivity contribution in [2.75, 3.05) is 0 Å². The third-order valence-electron chi connectivity index (χ3n) is 9.17. The van der Waals surface area contributed by atoms with Crippen molar-refractivity contribution >= 4 is 32.8 Å². The molecule has 0 atom stereocenters. The number of nitrogens with zero attached hydrogens (tertiary/aromatic N) is 3. The quantitative estimate of drug-likeness (QED) is 0.191. The molecule has 2 heterocycles. The Morgan fingerprint density at radius 3 is 1.73 bits per heavy atom. The lowest BCUT2D eigenvalue weighted by molar-refractivity contribution is 0.667. The van der Waals surface area contributed by atoms with Crippen molar-refractivity contribution in [3.8, 4) is 62.1 Å². The molecule has 0 amide bonds. The van der Waals surface area contributed by atoms with Gasteiger partial charge < -0.3 is 4.42 Å². The normalized spacial score (nSPS) is 11.2. The fourth-order valence-electron chi connectivity index (χ4n) is 6.72. The third kappa shape index (κ3) is 5.02. The summed E-state index contributed by atoms with van der Waals surface area (Å²) in [5, 5.41) is 12.5. The van der Waals surface area contributed by atoms with Crippen LogP contribution in [0.4, 0.5) is 0 Å². The van der Waals surface area contributed by atoms with Crippen LogP contribution in [0.1, 0.15) is 5.56 Å². The molecule has 0 N–H and O–H groups in total. The summed E-state index contributed by atoms with van der Waals surface area (Å²) in [6, 6.07) is 58.2. The molecule has 0 saturated carbocycles. The van der Waals surface area contributed by atoms with Crippen LogP contribution >= 0.6 is 0 Å². The molecule has 228 valence electrons. The lowest BCUT2D eigenvalue weighted by Crippen LogP contribution is -1.94. The fourth-order valence-corrected chi connectivity index (χ4v) is 6.72. The second-order valence-corrected chi connectivity index (χ2v) is 12.1. The van der Waals surface area contributed by atoms with Crippen molar-refractivity contribution in [3.05, 3.63) is 169 Å². The number of para-hydroxylation sites is 1. The summed E-state index contributed by atoms with van der Waals surface area (Å²) in [6.07, 6.45) is 0. The van der Waals surface area contributed by atoms with Crippen LogP contribution in [-0.4, -0.2) is 9.97 Å². The summed E-state index contributed by atoms with van der Waals surface area (Å²) in [6.45, 7) is 0. The van der Waals surface area contributed by atoms with Gasteiger partial charge in [0, 0.05) is 16.5 Å². The molecule has 0 aliphatic rings. The molecule has 0 unspecified atom stereocenters. The molecule has 0 radical (unpaired) electrons. The Morgan fingerprint density at radius 2 is 1.02 bits per heavy atom. The summed E-state index contributed by atoms with van der Waals surface area (Å²) in [7, 11) is 0. The summed E-state index contributed by atoms with van der Waals surface area (Å²) in [5.41, 5.74) is 12.4. The maximum atomic E-state index is 9.16. The van der Waals surface area contributed by atoms with Crippen molar-refractivity contribution in [1.82, 2.24) is 9.97 Å². The lowest BCUT2D eigenvalue weighted by Gasteiger charge is -2.14.